The number of carbonyl (C=O) groups excluding carboxylic acids is 1. The largest absolute Gasteiger partial charge is 0.370 e. The molecule has 1 saturated heterocycles. The minimum absolute atomic E-state index is 0.111. The second-order valence-electron chi connectivity index (χ2n) is 10.3. The van der Waals surface area contributed by atoms with Gasteiger partial charge in [-0.25, -0.2) is 9.97 Å². The highest BCUT2D eigenvalue weighted by Gasteiger charge is 2.52. The van der Waals surface area contributed by atoms with E-state index in [0.717, 1.165) is 16.8 Å². The molecule has 1 aliphatic carbocycles. The van der Waals surface area contributed by atoms with Crippen molar-refractivity contribution in [2.45, 2.75) is 59.4 Å². The minimum atomic E-state index is -0.111. The van der Waals surface area contributed by atoms with Crippen LogP contribution in [0.5, 0.6) is 0 Å². The van der Waals surface area contributed by atoms with Gasteiger partial charge in [-0.1, -0.05) is 63.2 Å². The molecule has 3 heterocycles. The number of nitrogens with one attached hydrogen (secondary N) is 1. The highest BCUT2D eigenvalue weighted by Crippen LogP contribution is 2.56. The molecule has 1 saturated carbocycles. The van der Waals surface area contributed by atoms with E-state index in [9.17, 15) is 4.79 Å². The van der Waals surface area contributed by atoms with Crippen molar-refractivity contribution in [3.63, 3.8) is 0 Å². The summed E-state index contributed by atoms with van der Waals surface area (Å²) in [6.45, 7) is 10.8. The predicted molar refractivity (Wildman–Crippen MR) is 149 cm³/mol. The molecule has 0 atom stereocenters. The summed E-state index contributed by atoms with van der Waals surface area (Å²) in [6, 6.07) is 19.5. The monoisotopic (exact) mass is 495 g/mol. The molecule has 37 heavy (non-hydrogen) atoms. The van der Waals surface area contributed by atoms with Gasteiger partial charge in [-0.05, 0) is 60.9 Å². The van der Waals surface area contributed by atoms with Crippen molar-refractivity contribution in [1.82, 2.24) is 19.7 Å². The Morgan fingerprint density at radius 2 is 1.76 bits per heavy atom. The summed E-state index contributed by atoms with van der Waals surface area (Å²) in [5.41, 5.74) is 6.73. The Hall–Kier alpha value is -3.67. The second-order valence-corrected chi connectivity index (χ2v) is 10.3. The Bertz CT molecular complexity index is 1360. The molecule has 6 rings (SSSR count). The molecular weight excluding hydrogens is 458 g/mol. The Morgan fingerprint density at radius 3 is 2.43 bits per heavy atom. The molecule has 1 amide bonds. The molecule has 1 spiro atoms. The van der Waals surface area contributed by atoms with Crippen LogP contribution in [-0.4, -0.2) is 33.4 Å². The molecule has 2 fully saturated rings. The number of amides is 1. The number of nitrogens with zero attached hydrogens (tertiary/aromatic N) is 4. The number of fused-ring (bicyclic) bond motifs is 1. The first-order chi connectivity index (χ1) is 18.0. The molecule has 6 nitrogen and oxygen atoms in total. The third kappa shape index (κ3) is 4.85. The summed E-state index contributed by atoms with van der Waals surface area (Å²) in [4.78, 5) is 24.4. The SMILES string of the molecule is CC.CCc1nc2ncc(C)cn2c1C(=O)NCc1ccc(C2CC3(C2)CN(c2ccccc2)C3)cc1. The van der Waals surface area contributed by atoms with E-state index < -0.39 is 0 Å². The van der Waals surface area contributed by atoms with E-state index >= 15 is 0 Å². The zero-order valence-electron chi connectivity index (χ0n) is 22.4. The standard InChI is InChI=1S/C29H31N5O.C2H6/c1-3-25-26(34-17-20(2)15-31-28(34)32-25)27(35)30-16-21-9-11-22(12-10-21)23-13-29(14-23)18-33(19-29)24-7-5-4-6-8-24;1-2/h4-12,15,17,23H,3,13-14,16,18-19H2,1-2H3,(H,30,35);1-2H3. The molecule has 4 aromatic rings. The minimum Gasteiger partial charge on any atom is -0.370 e. The zero-order chi connectivity index (χ0) is 26.0. The van der Waals surface area contributed by atoms with E-state index in [1.807, 2.05) is 33.9 Å². The summed E-state index contributed by atoms with van der Waals surface area (Å²) in [5.74, 6) is 1.11. The Labute approximate surface area is 219 Å². The van der Waals surface area contributed by atoms with Crippen LogP contribution in [0, 0.1) is 12.3 Å². The van der Waals surface area contributed by atoms with E-state index in [0.29, 0.717) is 35.8 Å². The lowest BCUT2D eigenvalue weighted by Gasteiger charge is -2.60. The maximum atomic E-state index is 13.1. The van der Waals surface area contributed by atoms with Crippen LogP contribution in [-0.2, 0) is 13.0 Å². The van der Waals surface area contributed by atoms with Gasteiger partial charge in [0.05, 0.1) is 5.69 Å². The molecule has 0 bridgehead atoms. The van der Waals surface area contributed by atoms with E-state index in [-0.39, 0.29) is 5.91 Å². The number of carbonyl (C=O) groups is 1. The van der Waals surface area contributed by atoms with Gasteiger partial charge in [0.25, 0.3) is 5.91 Å². The lowest BCUT2D eigenvalue weighted by molar-refractivity contribution is 0.0634. The average Bonchev–Trinajstić information content (AvgIpc) is 3.26. The summed E-state index contributed by atoms with van der Waals surface area (Å²) >= 11 is 0. The lowest BCUT2D eigenvalue weighted by Crippen LogP contribution is -2.61. The maximum Gasteiger partial charge on any atom is 0.270 e. The van der Waals surface area contributed by atoms with Gasteiger partial charge in [-0.15, -0.1) is 0 Å². The fourth-order valence-corrected chi connectivity index (χ4v) is 5.80. The first-order valence-electron chi connectivity index (χ1n) is 13.5. The smallest absolute Gasteiger partial charge is 0.270 e. The summed E-state index contributed by atoms with van der Waals surface area (Å²) in [7, 11) is 0. The van der Waals surface area contributed by atoms with Crippen molar-refractivity contribution in [3.05, 3.63) is 95.1 Å². The van der Waals surface area contributed by atoms with Crippen LogP contribution in [0.25, 0.3) is 5.78 Å². The number of aromatic nitrogens is 3. The van der Waals surface area contributed by atoms with Crippen LogP contribution in [0.4, 0.5) is 5.69 Å². The molecule has 192 valence electrons. The van der Waals surface area contributed by atoms with Gasteiger partial charge in [0.15, 0.2) is 0 Å². The molecule has 2 aromatic carbocycles. The third-order valence-corrected chi connectivity index (χ3v) is 7.67. The highest BCUT2D eigenvalue weighted by atomic mass is 16.1. The van der Waals surface area contributed by atoms with Crippen molar-refractivity contribution in [1.29, 1.82) is 0 Å². The number of para-hydroxylation sites is 1. The molecule has 6 heteroatoms. The van der Waals surface area contributed by atoms with E-state index in [1.165, 1.54) is 37.2 Å². The van der Waals surface area contributed by atoms with Crippen molar-refractivity contribution in [3.8, 4) is 0 Å². The van der Waals surface area contributed by atoms with Crippen molar-refractivity contribution in [2.75, 3.05) is 18.0 Å². The lowest BCUT2D eigenvalue weighted by atomic mass is 9.56. The van der Waals surface area contributed by atoms with Gasteiger partial charge in [-0.3, -0.25) is 9.20 Å². The van der Waals surface area contributed by atoms with Crippen LogP contribution in [0.2, 0.25) is 0 Å². The van der Waals surface area contributed by atoms with E-state index in [2.05, 4.69) is 74.8 Å². The predicted octanol–water partition coefficient (Wildman–Crippen LogP) is 5.94. The third-order valence-electron chi connectivity index (χ3n) is 7.67. The molecule has 0 unspecified atom stereocenters. The van der Waals surface area contributed by atoms with E-state index in [4.69, 9.17) is 0 Å². The number of hydrogen-bond acceptors (Lipinski definition) is 4. The van der Waals surface area contributed by atoms with Gasteiger partial charge >= 0.3 is 0 Å². The molecular formula is C31H37N5O. The Kier molecular flexibility index (Phi) is 7.00. The quantitative estimate of drug-likeness (QED) is 0.360. The highest BCUT2D eigenvalue weighted by molar-refractivity contribution is 5.94. The topological polar surface area (TPSA) is 62.5 Å². The summed E-state index contributed by atoms with van der Waals surface area (Å²) < 4.78 is 1.80. The van der Waals surface area contributed by atoms with Gasteiger partial charge in [0, 0.05) is 43.1 Å². The maximum absolute atomic E-state index is 13.1. The van der Waals surface area contributed by atoms with Gasteiger partial charge < -0.3 is 10.2 Å². The molecule has 1 aliphatic heterocycles. The van der Waals surface area contributed by atoms with Crippen LogP contribution in [0.1, 0.15) is 72.4 Å². The molecule has 2 aromatic heterocycles. The van der Waals surface area contributed by atoms with Gasteiger partial charge in [-0.2, -0.15) is 0 Å². The van der Waals surface area contributed by atoms with Crippen LogP contribution in [0.3, 0.4) is 0 Å². The first kappa shape index (κ1) is 25.0. The number of hydrogen-bond donors (Lipinski definition) is 1. The fraction of sp³-hybridized carbons (Fsp3) is 0.387. The average molecular weight is 496 g/mol. The summed E-state index contributed by atoms with van der Waals surface area (Å²) in [5, 5.41) is 3.08. The first-order valence-corrected chi connectivity index (χ1v) is 13.5. The zero-order valence-corrected chi connectivity index (χ0v) is 22.4. The van der Waals surface area contributed by atoms with Gasteiger partial charge in [0.1, 0.15) is 5.69 Å². The van der Waals surface area contributed by atoms with Crippen LogP contribution in [0.15, 0.2) is 67.0 Å². The molecule has 0 radical (unpaired) electrons. The van der Waals surface area contributed by atoms with Gasteiger partial charge in [0.2, 0.25) is 5.78 Å². The molecule has 1 N–H and O–H groups in total. The van der Waals surface area contributed by atoms with Crippen molar-refractivity contribution < 1.29 is 4.79 Å². The van der Waals surface area contributed by atoms with Crippen molar-refractivity contribution in [2.24, 2.45) is 5.41 Å². The number of aryl methyl sites for hydroxylation is 2. The second kappa shape index (κ2) is 10.4. The number of imidazole rings is 1. The number of benzene rings is 2. The fourth-order valence-electron chi connectivity index (χ4n) is 5.80. The van der Waals surface area contributed by atoms with Crippen molar-refractivity contribution >= 4 is 17.4 Å². The van der Waals surface area contributed by atoms with Crippen LogP contribution >= 0.6 is 0 Å². The summed E-state index contributed by atoms with van der Waals surface area (Å²) in [6.07, 6.45) is 6.93. The molecule has 2 aliphatic rings. The van der Waals surface area contributed by atoms with Crippen LogP contribution < -0.4 is 10.2 Å². The Morgan fingerprint density at radius 1 is 1.05 bits per heavy atom. The number of rotatable bonds is 6. The Balaban J connectivity index is 0.00000137. The van der Waals surface area contributed by atoms with E-state index in [1.54, 1.807) is 10.6 Å². The number of anilines is 1. The normalized spacial score (nSPS) is 16.1.